The van der Waals surface area contributed by atoms with Gasteiger partial charge in [-0.1, -0.05) is 20.8 Å². The molecule has 2 N–H and O–H groups in total. The van der Waals surface area contributed by atoms with Crippen molar-refractivity contribution in [1.29, 1.82) is 0 Å². The Kier molecular flexibility index (Phi) is 3.62. The molecule has 2 heterocycles. The maximum absolute atomic E-state index is 6.56. The molecular weight excluding hydrogens is 236 g/mol. The summed E-state index contributed by atoms with van der Waals surface area (Å²) in [5.41, 5.74) is 7.56. The second-order valence-corrected chi connectivity index (χ2v) is 7.20. The molecule has 0 saturated carbocycles. The van der Waals surface area contributed by atoms with E-state index in [1.165, 1.54) is 17.9 Å². The standard InChI is InChI=1S/C12H20N2S2/c1-8(2)10-7-16-11(14-10)12(13)5-4-6-15-9(12)3/h7-9H,4-6,13H2,1-3H3. The first-order valence-corrected chi connectivity index (χ1v) is 7.83. The summed E-state index contributed by atoms with van der Waals surface area (Å²) in [5, 5.41) is 3.78. The van der Waals surface area contributed by atoms with Gasteiger partial charge in [0.25, 0.3) is 0 Å². The van der Waals surface area contributed by atoms with E-state index in [1.54, 1.807) is 11.3 Å². The Hall–Kier alpha value is -0.0600. The van der Waals surface area contributed by atoms with Gasteiger partial charge in [0, 0.05) is 10.6 Å². The lowest BCUT2D eigenvalue weighted by Crippen LogP contribution is -2.47. The van der Waals surface area contributed by atoms with Crippen LogP contribution in [0.5, 0.6) is 0 Å². The SMILES string of the molecule is CC(C)c1csc(C2(N)CCCSC2C)n1. The number of rotatable bonds is 2. The normalized spacial score (nSPS) is 30.9. The maximum atomic E-state index is 6.56. The molecule has 1 fully saturated rings. The molecule has 1 aliphatic rings. The van der Waals surface area contributed by atoms with Gasteiger partial charge >= 0.3 is 0 Å². The van der Waals surface area contributed by atoms with E-state index in [0.29, 0.717) is 11.2 Å². The molecule has 90 valence electrons. The average Bonchev–Trinajstić information content (AvgIpc) is 2.72. The van der Waals surface area contributed by atoms with Gasteiger partial charge in [-0.05, 0) is 24.5 Å². The summed E-state index contributed by atoms with van der Waals surface area (Å²) in [4.78, 5) is 4.74. The van der Waals surface area contributed by atoms with Gasteiger partial charge in [0.2, 0.25) is 0 Å². The third-order valence-corrected chi connectivity index (χ3v) is 5.84. The first kappa shape index (κ1) is 12.4. The van der Waals surface area contributed by atoms with Crippen molar-refractivity contribution in [1.82, 2.24) is 4.98 Å². The molecule has 0 aliphatic carbocycles. The van der Waals surface area contributed by atoms with Crippen LogP contribution in [0.1, 0.15) is 50.2 Å². The summed E-state index contributed by atoms with van der Waals surface area (Å²) in [5.74, 6) is 1.74. The number of nitrogens with two attached hydrogens (primary N) is 1. The van der Waals surface area contributed by atoms with Crippen LogP contribution in [0.25, 0.3) is 0 Å². The minimum atomic E-state index is -0.194. The highest BCUT2D eigenvalue weighted by atomic mass is 32.2. The molecule has 2 atom stereocenters. The fourth-order valence-electron chi connectivity index (χ4n) is 2.02. The predicted molar refractivity (Wildman–Crippen MR) is 73.2 cm³/mol. The van der Waals surface area contributed by atoms with Crippen LogP contribution in [0.4, 0.5) is 0 Å². The van der Waals surface area contributed by atoms with E-state index < -0.39 is 0 Å². The molecule has 1 aromatic heterocycles. The Labute approximate surface area is 106 Å². The molecule has 16 heavy (non-hydrogen) atoms. The van der Waals surface area contributed by atoms with Crippen LogP contribution in [0.3, 0.4) is 0 Å². The summed E-state index contributed by atoms with van der Waals surface area (Å²) in [6, 6.07) is 0. The van der Waals surface area contributed by atoms with E-state index in [1.807, 2.05) is 11.8 Å². The van der Waals surface area contributed by atoms with Gasteiger partial charge in [0.05, 0.1) is 11.2 Å². The second kappa shape index (κ2) is 4.67. The topological polar surface area (TPSA) is 38.9 Å². The summed E-state index contributed by atoms with van der Waals surface area (Å²) >= 11 is 3.72. The molecule has 2 unspecified atom stereocenters. The lowest BCUT2D eigenvalue weighted by Gasteiger charge is -2.37. The third-order valence-electron chi connectivity index (χ3n) is 3.34. The molecule has 1 saturated heterocycles. The second-order valence-electron chi connectivity index (χ2n) is 4.89. The van der Waals surface area contributed by atoms with Crippen molar-refractivity contribution in [2.24, 2.45) is 5.73 Å². The van der Waals surface area contributed by atoms with Gasteiger partial charge in [-0.15, -0.1) is 11.3 Å². The van der Waals surface area contributed by atoms with E-state index in [9.17, 15) is 0 Å². The average molecular weight is 256 g/mol. The highest BCUT2D eigenvalue weighted by Gasteiger charge is 2.39. The van der Waals surface area contributed by atoms with Gasteiger partial charge in [-0.25, -0.2) is 4.98 Å². The smallest absolute Gasteiger partial charge is 0.114 e. The van der Waals surface area contributed by atoms with Gasteiger partial charge in [-0.3, -0.25) is 0 Å². The monoisotopic (exact) mass is 256 g/mol. The molecule has 0 aromatic carbocycles. The molecule has 0 amide bonds. The van der Waals surface area contributed by atoms with Crippen molar-refractivity contribution in [2.45, 2.75) is 50.3 Å². The van der Waals surface area contributed by atoms with E-state index in [2.05, 4.69) is 26.2 Å². The summed E-state index contributed by atoms with van der Waals surface area (Å²) in [6.45, 7) is 6.60. The van der Waals surface area contributed by atoms with E-state index >= 15 is 0 Å². The molecule has 0 radical (unpaired) electrons. The fourth-order valence-corrected chi connectivity index (χ4v) is 4.50. The largest absolute Gasteiger partial charge is 0.319 e. The summed E-state index contributed by atoms with van der Waals surface area (Å²) in [6.07, 6.45) is 2.29. The zero-order valence-electron chi connectivity index (χ0n) is 10.2. The van der Waals surface area contributed by atoms with Crippen LogP contribution < -0.4 is 5.73 Å². The Bertz CT molecular complexity index is 362. The first-order chi connectivity index (χ1) is 7.54. The number of nitrogens with zero attached hydrogens (tertiary/aromatic N) is 1. The first-order valence-electron chi connectivity index (χ1n) is 5.90. The Morgan fingerprint density at radius 2 is 2.31 bits per heavy atom. The van der Waals surface area contributed by atoms with Gasteiger partial charge in [0.1, 0.15) is 5.01 Å². The minimum Gasteiger partial charge on any atom is -0.319 e. The van der Waals surface area contributed by atoms with Crippen LogP contribution in [0.2, 0.25) is 0 Å². The molecule has 1 aliphatic heterocycles. The van der Waals surface area contributed by atoms with Crippen molar-refractivity contribution >= 4 is 23.1 Å². The molecule has 4 heteroatoms. The Morgan fingerprint density at radius 1 is 1.56 bits per heavy atom. The molecule has 2 rings (SSSR count). The molecule has 2 nitrogen and oxygen atoms in total. The lowest BCUT2D eigenvalue weighted by molar-refractivity contribution is 0.388. The lowest BCUT2D eigenvalue weighted by atomic mass is 9.91. The summed E-state index contributed by atoms with van der Waals surface area (Å²) < 4.78 is 0. The molecule has 1 aromatic rings. The van der Waals surface area contributed by atoms with Gasteiger partial charge in [0.15, 0.2) is 0 Å². The zero-order chi connectivity index (χ0) is 11.8. The molecular formula is C12H20N2S2. The number of thioether (sulfide) groups is 1. The van der Waals surface area contributed by atoms with Crippen molar-refractivity contribution < 1.29 is 0 Å². The molecule has 0 spiro atoms. The predicted octanol–water partition coefficient (Wildman–Crippen LogP) is 3.34. The fraction of sp³-hybridized carbons (Fsp3) is 0.750. The third kappa shape index (κ3) is 2.15. The molecule has 0 bridgehead atoms. The number of hydrogen-bond donors (Lipinski definition) is 1. The Balaban J connectivity index is 2.27. The Morgan fingerprint density at radius 3 is 2.88 bits per heavy atom. The van der Waals surface area contributed by atoms with Crippen molar-refractivity contribution in [3.63, 3.8) is 0 Å². The number of thiazole rings is 1. The van der Waals surface area contributed by atoms with E-state index in [4.69, 9.17) is 10.7 Å². The van der Waals surface area contributed by atoms with Gasteiger partial charge in [-0.2, -0.15) is 11.8 Å². The van der Waals surface area contributed by atoms with Crippen LogP contribution in [0, 0.1) is 0 Å². The highest BCUT2D eigenvalue weighted by molar-refractivity contribution is 8.00. The van der Waals surface area contributed by atoms with Crippen LogP contribution in [-0.2, 0) is 5.54 Å². The van der Waals surface area contributed by atoms with Crippen molar-refractivity contribution in [3.05, 3.63) is 16.1 Å². The van der Waals surface area contributed by atoms with Crippen molar-refractivity contribution in [3.8, 4) is 0 Å². The minimum absolute atomic E-state index is 0.194. The summed E-state index contributed by atoms with van der Waals surface area (Å²) in [7, 11) is 0. The van der Waals surface area contributed by atoms with Crippen molar-refractivity contribution in [2.75, 3.05) is 5.75 Å². The number of aromatic nitrogens is 1. The van der Waals surface area contributed by atoms with E-state index in [-0.39, 0.29) is 5.54 Å². The van der Waals surface area contributed by atoms with Gasteiger partial charge < -0.3 is 5.73 Å². The van der Waals surface area contributed by atoms with Crippen LogP contribution in [0.15, 0.2) is 5.38 Å². The highest BCUT2D eigenvalue weighted by Crippen LogP contribution is 2.40. The van der Waals surface area contributed by atoms with Crippen LogP contribution >= 0.6 is 23.1 Å². The zero-order valence-corrected chi connectivity index (χ0v) is 11.8. The number of hydrogen-bond acceptors (Lipinski definition) is 4. The van der Waals surface area contributed by atoms with E-state index in [0.717, 1.165) is 11.4 Å². The quantitative estimate of drug-likeness (QED) is 0.882. The maximum Gasteiger partial charge on any atom is 0.114 e. The van der Waals surface area contributed by atoms with Crippen LogP contribution in [-0.4, -0.2) is 16.0 Å².